The quantitative estimate of drug-likeness (QED) is 0.159. The molecule has 1 N–H and O–H groups in total. The van der Waals surface area contributed by atoms with Crippen LogP contribution in [0.3, 0.4) is 0 Å². The fourth-order valence-corrected chi connectivity index (χ4v) is 6.09. The lowest BCUT2D eigenvalue weighted by molar-refractivity contribution is -0.141. The Labute approximate surface area is 262 Å². The van der Waals surface area contributed by atoms with E-state index in [1.807, 2.05) is 66.7 Å². The Balaban J connectivity index is 1.38. The molecule has 0 bridgehead atoms. The molecule has 0 fully saturated rings. The van der Waals surface area contributed by atoms with E-state index in [1.54, 1.807) is 28.0 Å². The molecule has 43 heavy (non-hydrogen) atoms. The number of nitrogens with one attached hydrogen (secondary N) is 1. The molecular weight excluding hydrogens is 581 g/mol. The summed E-state index contributed by atoms with van der Waals surface area (Å²) in [5, 5.41) is 5.94. The molecule has 222 valence electrons. The summed E-state index contributed by atoms with van der Waals surface area (Å²) in [5.74, 6) is -0.436. The van der Waals surface area contributed by atoms with Gasteiger partial charge in [0.15, 0.2) is 0 Å². The Morgan fingerprint density at radius 3 is 2.44 bits per heavy atom. The molecule has 1 aliphatic heterocycles. The molecular formula is C35H35Cl2N3O3. The molecule has 0 saturated heterocycles. The van der Waals surface area contributed by atoms with Crippen LogP contribution in [0.5, 0.6) is 0 Å². The number of amides is 3. The smallest absolute Gasteiger partial charge is 0.258 e. The van der Waals surface area contributed by atoms with Gasteiger partial charge in [0.25, 0.3) is 5.91 Å². The van der Waals surface area contributed by atoms with E-state index in [2.05, 4.69) is 12.2 Å². The number of carbonyl (C=O) groups excluding carboxylic acids is 3. The molecule has 5 rings (SSSR count). The van der Waals surface area contributed by atoms with Gasteiger partial charge in [0.05, 0.1) is 5.69 Å². The molecule has 3 amide bonds. The van der Waals surface area contributed by atoms with Crippen molar-refractivity contribution in [2.75, 3.05) is 18.0 Å². The van der Waals surface area contributed by atoms with E-state index in [9.17, 15) is 14.4 Å². The standard InChI is InChI=1S/C35H35Cl2N3O3/c1-2-3-19-38-34(42)31(21-24-10-5-4-6-11-24)40(23-26-17-18-27(36)22-29(26)37)32(41)16-9-20-39-30-15-8-13-25-12-7-14-28(33(25)30)35(39)43/h4-8,10-15,17-18,22,31H,2-3,9,16,19-21,23H2,1H3,(H,38,42). The van der Waals surface area contributed by atoms with Crippen LogP contribution in [0.15, 0.2) is 84.9 Å². The van der Waals surface area contributed by atoms with Crippen molar-refractivity contribution in [3.05, 3.63) is 112 Å². The predicted octanol–water partition coefficient (Wildman–Crippen LogP) is 7.44. The van der Waals surface area contributed by atoms with Crippen LogP contribution in [0.25, 0.3) is 10.8 Å². The summed E-state index contributed by atoms with van der Waals surface area (Å²) in [4.78, 5) is 44.3. The molecule has 0 saturated carbocycles. The number of rotatable bonds is 13. The van der Waals surface area contributed by atoms with E-state index in [1.165, 1.54) is 0 Å². The number of hydrogen-bond acceptors (Lipinski definition) is 3. The Kier molecular flexibility index (Phi) is 10.0. The lowest BCUT2D eigenvalue weighted by Crippen LogP contribution is -2.50. The lowest BCUT2D eigenvalue weighted by Gasteiger charge is -2.32. The third-order valence-corrected chi connectivity index (χ3v) is 8.46. The largest absolute Gasteiger partial charge is 0.354 e. The highest BCUT2D eigenvalue weighted by Crippen LogP contribution is 2.37. The van der Waals surface area contributed by atoms with Crippen LogP contribution in [-0.4, -0.2) is 41.8 Å². The maximum atomic E-state index is 14.0. The van der Waals surface area contributed by atoms with Crippen LogP contribution in [0.4, 0.5) is 5.69 Å². The number of benzene rings is 4. The molecule has 0 aliphatic carbocycles. The first-order chi connectivity index (χ1) is 20.9. The molecule has 1 atom stereocenters. The van der Waals surface area contributed by atoms with Crippen molar-refractivity contribution in [3.63, 3.8) is 0 Å². The number of anilines is 1. The summed E-state index contributed by atoms with van der Waals surface area (Å²) in [6.07, 6.45) is 2.75. The first-order valence-electron chi connectivity index (χ1n) is 14.8. The number of halogens is 2. The minimum absolute atomic E-state index is 0.0543. The van der Waals surface area contributed by atoms with Gasteiger partial charge in [-0.05, 0) is 53.6 Å². The van der Waals surface area contributed by atoms with Crippen molar-refractivity contribution in [1.82, 2.24) is 10.2 Å². The highest BCUT2D eigenvalue weighted by Gasteiger charge is 2.32. The Bertz CT molecular complexity index is 1620. The van der Waals surface area contributed by atoms with Gasteiger partial charge in [-0.25, -0.2) is 0 Å². The van der Waals surface area contributed by atoms with Crippen LogP contribution >= 0.6 is 23.2 Å². The number of nitrogens with zero attached hydrogens (tertiary/aromatic N) is 2. The van der Waals surface area contributed by atoms with Gasteiger partial charge in [-0.1, -0.05) is 97.2 Å². The summed E-state index contributed by atoms with van der Waals surface area (Å²) >= 11 is 12.7. The van der Waals surface area contributed by atoms with E-state index in [4.69, 9.17) is 23.2 Å². The summed E-state index contributed by atoms with van der Waals surface area (Å²) in [6, 6.07) is 25.8. The van der Waals surface area contributed by atoms with Gasteiger partial charge in [0.2, 0.25) is 11.8 Å². The third kappa shape index (κ3) is 7.03. The molecule has 0 aromatic heterocycles. The summed E-state index contributed by atoms with van der Waals surface area (Å²) in [5.41, 5.74) is 3.21. The minimum atomic E-state index is -0.745. The lowest BCUT2D eigenvalue weighted by atomic mass is 10.0. The zero-order valence-corrected chi connectivity index (χ0v) is 25.7. The van der Waals surface area contributed by atoms with Gasteiger partial charge in [0.1, 0.15) is 6.04 Å². The van der Waals surface area contributed by atoms with Crippen LogP contribution in [0.1, 0.15) is 54.1 Å². The number of carbonyl (C=O) groups is 3. The predicted molar refractivity (Wildman–Crippen MR) is 174 cm³/mol. The van der Waals surface area contributed by atoms with Gasteiger partial charge >= 0.3 is 0 Å². The topological polar surface area (TPSA) is 69.7 Å². The van der Waals surface area contributed by atoms with Crippen molar-refractivity contribution >= 4 is 57.4 Å². The van der Waals surface area contributed by atoms with Crippen molar-refractivity contribution in [1.29, 1.82) is 0 Å². The van der Waals surface area contributed by atoms with E-state index >= 15 is 0 Å². The Morgan fingerprint density at radius 1 is 0.930 bits per heavy atom. The Morgan fingerprint density at radius 2 is 1.70 bits per heavy atom. The monoisotopic (exact) mass is 615 g/mol. The molecule has 1 unspecified atom stereocenters. The fraction of sp³-hybridized carbons (Fsp3) is 0.286. The second kappa shape index (κ2) is 14.1. The average Bonchev–Trinajstić information content (AvgIpc) is 3.28. The molecule has 0 radical (unpaired) electrons. The summed E-state index contributed by atoms with van der Waals surface area (Å²) in [7, 11) is 0. The molecule has 4 aromatic rings. The van der Waals surface area contributed by atoms with Gasteiger partial charge in [-0.2, -0.15) is 0 Å². The van der Waals surface area contributed by atoms with Crippen molar-refractivity contribution in [3.8, 4) is 0 Å². The van der Waals surface area contributed by atoms with E-state index < -0.39 is 6.04 Å². The first-order valence-corrected chi connectivity index (χ1v) is 15.5. The number of hydrogen-bond donors (Lipinski definition) is 1. The average molecular weight is 617 g/mol. The van der Waals surface area contributed by atoms with Gasteiger partial charge < -0.3 is 15.1 Å². The van der Waals surface area contributed by atoms with Crippen molar-refractivity contribution in [2.45, 2.75) is 51.6 Å². The van der Waals surface area contributed by atoms with Gasteiger partial charge in [-0.3, -0.25) is 14.4 Å². The highest BCUT2D eigenvalue weighted by molar-refractivity contribution is 6.35. The second-order valence-electron chi connectivity index (χ2n) is 10.8. The van der Waals surface area contributed by atoms with Crippen molar-refractivity contribution < 1.29 is 14.4 Å². The molecule has 1 aliphatic rings. The third-order valence-electron chi connectivity index (χ3n) is 7.88. The minimum Gasteiger partial charge on any atom is -0.354 e. The van der Waals surface area contributed by atoms with E-state index in [0.29, 0.717) is 47.1 Å². The van der Waals surface area contributed by atoms with Crippen LogP contribution in [-0.2, 0) is 22.6 Å². The molecule has 1 heterocycles. The maximum absolute atomic E-state index is 14.0. The van der Waals surface area contributed by atoms with Crippen LogP contribution < -0.4 is 10.2 Å². The number of unbranched alkanes of at least 4 members (excludes halogenated alkanes) is 1. The zero-order valence-electron chi connectivity index (χ0n) is 24.2. The first kappa shape index (κ1) is 30.6. The van der Waals surface area contributed by atoms with E-state index in [-0.39, 0.29) is 30.7 Å². The molecule has 6 nitrogen and oxygen atoms in total. The van der Waals surface area contributed by atoms with Crippen molar-refractivity contribution in [2.24, 2.45) is 0 Å². The van der Waals surface area contributed by atoms with Gasteiger partial charge in [-0.15, -0.1) is 0 Å². The molecule has 0 spiro atoms. The fourth-order valence-electron chi connectivity index (χ4n) is 5.63. The second-order valence-corrected chi connectivity index (χ2v) is 11.7. The van der Waals surface area contributed by atoms with Crippen LogP contribution in [0.2, 0.25) is 10.0 Å². The van der Waals surface area contributed by atoms with E-state index in [0.717, 1.165) is 34.9 Å². The SMILES string of the molecule is CCCCNC(=O)C(Cc1ccccc1)N(Cc1ccc(Cl)cc1Cl)C(=O)CCCN1C(=O)c2cccc3cccc1c23. The van der Waals surface area contributed by atoms with Gasteiger partial charge in [0, 0.05) is 53.5 Å². The summed E-state index contributed by atoms with van der Waals surface area (Å²) in [6.45, 7) is 3.14. The Hall–Kier alpha value is -3.87. The van der Waals surface area contributed by atoms with Crippen LogP contribution in [0, 0.1) is 0 Å². The molecule has 4 aromatic carbocycles. The normalized spacial score (nSPS) is 12.9. The highest BCUT2D eigenvalue weighted by atomic mass is 35.5. The zero-order chi connectivity index (χ0) is 30.3. The summed E-state index contributed by atoms with van der Waals surface area (Å²) < 4.78 is 0. The maximum Gasteiger partial charge on any atom is 0.258 e. The molecule has 8 heteroatoms.